The Morgan fingerprint density at radius 1 is 1.30 bits per heavy atom. The van der Waals surface area contributed by atoms with E-state index in [0.29, 0.717) is 6.04 Å². The molecule has 1 saturated carbocycles. The van der Waals surface area contributed by atoms with Gasteiger partial charge in [-0.05, 0) is 50.4 Å². The fourth-order valence-corrected chi connectivity index (χ4v) is 3.43. The highest BCUT2D eigenvalue weighted by Gasteiger charge is 2.27. The van der Waals surface area contributed by atoms with Crippen LogP contribution >= 0.6 is 11.6 Å². The van der Waals surface area contributed by atoms with Crippen molar-refractivity contribution in [3.05, 3.63) is 34.9 Å². The fourth-order valence-electron chi connectivity index (χ4n) is 3.24. The molecule has 0 amide bonds. The highest BCUT2D eigenvalue weighted by atomic mass is 35.5. The molecule has 1 aromatic rings. The van der Waals surface area contributed by atoms with Crippen LogP contribution in [-0.4, -0.2) is 31.1 Å². The molecule has 0 radical (unpaired) electrons. The molecule has 0 spiro atoms. The molecule has 1 N–H and O–H groups in total. The summed E-state index contributed by atoms with van der Waals surface area (Å²) < 4.78 is 0. The van der Waals surface area contributed by atoms with Crippen LogP contribution in [-0.2, 0) is 6.54 Å². The maximum Gasteiger partial charge on any atom is 0.0451 e. The van der Waals surface area contributed by atoms with Crippen LogP contribution in [0.15, 0.2) is 24.3 Å². The molecule has 0 bridgehead atoms. The highest BCUT2D eigenvalue weighted by molar-refractivity contribution is 6.31. The maximum absolute atomic E-state index is 6.24. The molecule has 2 unspecified atom stereocenters. The Kier molecular flexibility index (Phi) is 6.34. The van der Waals surface area contributed by atoms with E-state index >= 15 is 0 Å². The summed E-state index contributed by atoms with van der Waals surface area (Å²) in [7, 11) is 2.21. The van der Waals surface area contributed by atoms with Gasteiger partial charge in [-0.3, -0.25) is 0 Å². The Hall–Kier alpha value is -0.570. The van der Waals surface area contributed by atoms with Crippen molar-refractivity contribution in [3.8, 4) is 0 Å². The van der Waals surface area contributed by atoms with Crippen molar-refractivity contribution in [3.63, 3.8) is 0 Å². The first-order valence-corrected chi connectivity index (χ1v) is 8.23. The van der Waals surface area contributed by atoms with Gasteiger partial charge in [0.2, 0.25) is 0 Å². The molecule has 2 atom stereocenters. The van der Waals surface area contributed by atoms with Crippen LogP contribution in [0.5, 0.6) is 0 Å². The van der Waals surface area contributed by atoms with Crippen LogP contribution in [0.4, 0.5) is 0 Å². The standard InChI is InChI=1S/C17H27ClN2/c1-3-11-19-17-10-6-8-15(17)13-20(2)12-14-7-4-5-9-16(14)18/h4-5,7,9,15,17,19H,3,6,8,10-13H2,1-2H3. The summed E-state index contributed by atoms with van der Waals surface area (Å²) in [6.07, 6.45) is 5.28. The Labute approximate surface area is 128 Å². The first-order valence-electron chi connectivity index (χ1n) is 7.86. The third-order valence-electron chi connectivity index (χ3n) is 4.26. The van der Waals surface area contributed by atoms with Gasteiger partial charge in [0.25, 0.3) is 0 Å². The predicted molar refractivity (Wildman–Crippen MR) is 87.2 cm³/mol. The van der Waals surface area contributed by atoms with Crippen LogP contribution in [0, 0.1) is 5.92 Å². The summed E-state index contributed by atoms with van der Waals surface area (Å²) in [5.41, 5.74) is 1.23. The van der Waals surface area contributed by atoms with Gasteiger partial charge in [0.05, 0.1) is 0 Å². The second kappa shape index (κ2) is 8.02. The zero-order chi connectivity index (χ0) is 14.4. The predicted octanol–water partition coefficient (Wildman–Crippen LogP) is 3.94. The Morgan fingerprint density at radius 3 is 2.85 bits per heavy atom. The van der Waals surface area contributed by atoms with Crippen LogP contribution in [0.3, 0.4) is 0 Å². The van der Waals surface area contributed by atoms with Gasteiger partial charge in [-0.15, -0.1) is 0 Å². The van der Waals surface area contributed by atoms with Crippen molar-refractivity contribution in [2.24, 2.45) is 5.92 Å². The Morgan fingerprint density at radius 2 is 2.10 bits per heavy atom. The minimum atomic E-state index is 0.712. The van der Waals surface area contributed by atoms with Gasteiger partial charge < -0.3 is 10.2 Å². The monoisotopic (exact) mass is 294 g/mol. The molecule has 20 heavy (non-hydrogen) atoms. The lowest BCUT2D eigenvalue weighted by atomic mass is 10.0. The van der Waals surface area contributed by atoms with E-state index in [-0.39, 0.29) is 0 Å². The summed E-state index contributed by atoms with van der Waals surface area (Å²) in [6.45, 7) is 5.49. The van der Waals surface area contributed by atoms with E-state index in [9.17, 15) is 0 Å². The molecule has 1 aromatic carbocycles. The number of hydrogen-bond donors (Lipinski definition) is 1. The molecule has 0 saturated heterocycles. The molecular weight excluding hydrogens is 268 g/mol. The van der Waals surface area contributed by atoms with E-state index in [1.165, 1.54) is 31.2 Å². The van der Waals surface area contributed by atoms with Gasteiger partial charge in [-0.1, -0.05) is 43.1 Å². The number of nitrogens with one attached hydrogen (secondary N) is 1. The second-order valence-electron chi connectivity index (χ2n) is 6.04. The molecule has 2 nitrogen and oxygen atoms in total. The van der Waals surface area contributed by atoms with Crippen molar-refractivity contribution < 1.29 is 0 Å². The van der Waals surface area contributed by atoms with E-state index < -0.39 is 0 Å². The van der Waals surface area contributed by atoms with Crippen LogP contribution < -0.4 is 5.32 Å². The molecule has 1 fully saturated rings. The minimum absolute atomic E-state index is 0.712. The third kappa shape index (κ3) is 4.47. The van der Waals surface area contributed by atoms with E-state index in [2.05, 4.69) is 36.3 Å². The van der Waals surface area contributed by atoms with E-state index in [1.807, 2.05) is 12.1 Å². The largest absolute Gasteiger partial charge is 0.314 e. The van der Waals surface area contributed by atoms with Crippen molar-refractivity contribution in [1.29, 1.82) is 0 Å². The summed E-state index contributed by atoms with van der Waals surface area (Å²) in [6, 6.07) is 8.87. The second-order valence-corrected chi connectivity index (χ2v) is 6.45. The van der Waals surface area contributed by atoms with Crippen molar-refractivity contribution in [2.45, 2.75) is 45.2 Å². The first kappa shape index (κ1) is 15.8. The van der Waals surface area contributed by atoms with Crippen LogP contribution in [0.25, 0.3) is 0 Å². The lowest BCUT2D eigenvalue weighted by Gasteiger charge is -2.26. The molecule has 0 heterocycles. The number of nitrogens with zero attached hydrogens (tertiary/aromatic N) is 1. The number of benzene rings is 1. The number of halogens is 1. The lowest BCUT2D eigenvalue weighted by Crippen LogP contribution is -2.38. The molecule has 1 aliphatic rings. The SMILES string of the molecule is CCCNC1CCCC1CN(C)Cc1ccccc1Cl. The Balaban J connectivity index is 1.84. The molecule has 112 valence electrons. The summed E-state index contributed by atoms with van der Waals surface area (Å²) >= 11 is 6.24. The highest BCUT2D eigenvalue weighted by Crippen LogP contribution is 2.27. The van der Waals surface area contributed by atoms with Gasteiger partial charge in [0.1, 0.15) is 0 Å². The molecule has 0 aliphatic heterocycles. The average molecular weight is 295 g/mol. The van der Waals surface area contributed by atoms with Gasteiger partial charge in [0.15, 0.2) is 0 Å². The molecular formula is C17H27ClN2. The first-order chi connectivity index (χ1) is 9.70. The van der Waals surface area contributed by atoms with Crippen LogP contribution in [0.1, 0.15) is 38.2 Å². The van der Waals surface area contributed by atoms with Crippen molar-refractivity contribution in [1.82, 2.24) is 10.2 Å². The summed E-state index contributed by atoms with van der Waals surface area (Å²) in [5, 5.41) is 4.59. The number of hydrogen-bond acceptors (Lipinski definition) is 2. The molecule has 2 rings (SSSR count). The van der Waals surface area contributed by atoms with Gasteiger partial charge in [-0.2, -0.15) is 0 Å². The third-order valence-corrected chi connectivity index (χ3v) is 4.63. The van der Waals surface area contributed by atoms with Crippen LogP contribution in [0.2, 0.25) is 5.02 Å². The molecule has 1 aliphatic carbocycles. The normalized spacial score (nSPS) is 22.6. The smallest absolute Gasteiger partial charge is 0.0451 e. The number of rotatable bonds is 7. The lowest BCUT2D eigenvalue weighted by molar-refractivity contribution is 0.245. The maximum atomic E-state index is 6.24. The molecule has 0 aromatic heterocycles. The van der Waals surface area contributed by atoms with Gasteiger partial charge in [-0.25, -0.2) is 0 Å². The topological polar surface area (TPSA) is 15.3 Å². The average Bonchev–Trinajstić information content (AvgIpc) is 2.86. The molecule has 3 heteroatoms. The Bertz CT molecular complexity index is 408. The summed E-state index contributed by atoms with van der Waals surface area (Å²) in [5.74, 6) is 0.786. The zero-order valence-electron chi connectivity index (χ0n) is 12.7. The van der Waals surface area contributed by atoms with E-state index in [1.54, 1.807) is 0 Å². The van der Waals surface area contributed by atoms with E-state index in [4.69, 9.17) is 11.6 Å². The summed E-state index contributed by atoms with van der Waals surface area (Å²) in [4.78, 5) is 2.41. The van der Waals surface area contributed by atoms with Crippen molar-refractivity contribution in [2.75, 3.05) is 20.1 Å². The van der Waals surface area contributed by atoms with Gasteiger partial charge in [0, 0.05) is 24.2 Å². The zero-order valence-corrected chi connectivity index (χ0v) is 13.5. The minimum Gasteiger partial charge on any atom is -0.314 e. The quantitative estimate of drug-likeness (QED) is 0.819. The fraction of sp³-hybridized carbons (Fsp3) is 0.647. The van der Waals surface area contributed by atoms with Gasteiger partial charge >= 0.3 is 0 Å². The van der Waals surface area contributed by atoms with Crippen molar-refractivity contribution >= 4 is 11.6 Å². The van der Waals surface area contributed by atoms with E-state index in [0.717, 1.165) is 30.6 Å².